The third-order valence-corrected chi connectivity index (χ3v) is 4.48. The van der Waals surface area contributed by atoms with E-state index in [1.807, 2.05) is 0 Å². The lowest BCUT2D eigenvalue weighted by molar-refractivity contribution is -0.131. The van der Waals surface area contributed by atoms with Gasteiger partial charge in [-0.25, -0.2) is 4.79 Å². The van der Waals surface area contributed by atoms with Crippen LogP contribution in [0.4, 0.5) is 0 Å². The van der Waals surface area contributed by atoms with Crippen molar-refractivity contribution in [3.05, 3.63) is 53.1 Å². The highest BCUT2D eigenvalue weighted by Gasteiger charge is 2.37. The summed E-state index contributed by atoms with van der Waals surface area (Å²) in [5.74, 6) is -0.179. The number of aliphatic hydroxyl groups is 1. The van der Waals surface area contributed by atoms with E-state index in [1.165, 1.54) is 26.4 Å². The van der Waals surface area contributed by atoms with E-state index in [9.17, 15) is 15.0 Å². The van der Waals surface area contributed by atoms with Gasteiger partial charge in [0.1, 0.15) is 6.10 Å². The first-order valence-corrected chi connectivity index (χ1v) is 8.25. The van der Waals surface area contributed by atoms with Crippen LogP contribution in [-0.2, 0) is 4.79 Å². The fraction of sp³-hybridized carbons (Fsp3) is 0.250. The summed E-state index contributed by atoms with van der Waals surface area (Å²) in [6.07, 6.45) is 1.98. The van der Waals surface area contributed by atoms with Crippen molar-refractivity contribution in [3.63, 3.8) is 0 Å². The van der Waals surface area contributed by atoms with Crippen LogP contribution in [0, 0.1) is 0 Å². The Morgan fingerprint density at radius 3 is 2.56 bits per heavy atom. The summed E-state index contributed by atoms with van der Waals surface area (Å²) in [6, 6.07) is 8.32. The SMILES string of the molecule is COc1cc([C@@H]2Oc3c(OC)cc(C=CC(=O)O)cc3[C@H]2CO)ccc1O. The average Bonchev–Trinajstić information content (AvgIpc) is 3.04. The lowest BCUT2D eigenvalue weighted by Gasteiger charge is -2.18. The van der Waals surface area contributed by atoms with E-state index in [-0.39, 0.29) is 18.3 Å². The maximum atomic E-state index is 10.8. The van der Waals surface area contributed by atoms with Gasteiger partial charge in [-0.2, -0.15) is 0 Å². The number of benzene rings is 2. The first-order valence-electron chi connectivity index (χ1n) is 8.25. The fourth-order valence-corrected chi connectivity index (χ4v) is 3.20. The number of ether oxygens (including phenoxy) is 3. The summed E-state index contributed by atoms with van der Waals surface area (Å²) in [7, 11) is 2.95. The summed E-state index contributed by atoms with van der Waals surface area (Å²) in [5.41, 5.74) is 2.07. The van der Waals surface area contributed by atoms with E-state index in [0.29, 0.717) is 22.8 Å². The number of carbonyl (C=O) groups is 1. The van der Waals surface area contributed by atoms with Gasteiger partial charge in [-0.1, -0.05) is 6.07 Å². The number of hydrogen-bond donors (Lipinski definition) is 3. The molecule has 7 nitrogen and oxygen atoms in total. The highest BCUT2D eigenvalue weighted by atomic mass is 16.5. The average molecular weight is 372 g/mol. The van der Waals surface area contributed by atoms with Crippen LogP contribution in [0.1, 0.15) is 28.7 Å². The second-order valence-electron chi connectivity index (χ2n) is 6.07. The highest BCUT2D eigenvalue weighted by Crippen LogP contribution is 2.51. The van der Waals surface area contributed by atoms with Crippen molar-refractivity contribution >= 4 is 12.0 Å². The molecule has 0 aromatic heterocycles. The van der Waals surface area contributed by atoms with Gasteiger partial charge in [0.25, 0.3) is 0 Å². The van der Waals surface area contributed by atoms with Crippen molar-refractivity contribution in [2.24, 2.45) is 0 Å². The molecule has 27 heavy (non-hydrogen) atoms. The molecule has 7 heteroatoms. The van der Waals surface area contributed by atoms with Gasteiger partial charge in [0.2, 0.25) is 0 Å². The molecule has 1 aliphatic heterocycles. The zero-order valence-electron chi connectivity index (χ0n) is 14.9. The number of phenols is 1. The zero-order valence-corrected chi connectivity index (χ0v) is 14.9. The molecule has 0 saturated heterocycles. The maximum absolute atomic E-state index is 10.8. The second kappa shape index (κ2) is 7.59. The molecule has 0 unspecified atom stereocenters. The predicted molar refractivity (Wildman–Crippen MR) is 97.5 cm³/mol. The molecule has 0 amide bonds. The Morgan fingerprint density at radius 1 is 1.19 bits per heavy atom. The van der Waals surface area contributed by atoms with Gasteiger partial charge in [-0.05, 0) is 41.5 Å². The van der Waals surface area contributed by atoms with E-state index in [2.05, 4.69) is 0 Å². The molecule has 3 N–H and O–H groups in total. The molecule has 0 saturated carbocycles. The maximum Gasteiger partial charge on any atom is 0.328 e. The number of rotatable bonds is 6. The standard InChI is InChI=1S/C20H20O7/c1-25-16-9-12(4-5-15(16)22)19-14(10-21)13-7-11(3-6-18(23)24)8-17(26-2)20(13)27-19/h3-9,14,19,21-22H,10H2,1-2H3,(H,23,24)/t14-,19+/m1/s1. The Bertz CT molecular complexity index is 888. The molecular formula is C20H20O7. The number of aromatic hydroxyl groups is 1. The molecule has 142 valence electrons. The first kappa shape index (κ1) is 18.6. The summed E-state index contributed by atoms with van der Waals surface area (Å²) in [5, 5.41) is 28.6. The molecule has 2 aromatic rings. The molecule has 1 heterocycles. The smallest absolute Gasteiger partial charge is 0.328 e. The highest BCUT2D eigenvalue weighted by molar-refractivity contribution is 5.85. The summed E-state index contributed by atoms with van der Waals surface area (Å²) >= 11 is 0. The van der Waals surface area contributed by atoms with Crippen molar-refractivity contribution in [1.29, 1.82) is 0 Å². The van der Waals surface area contributed by atoms with Gasteiger partial charge in [-0.3, -0.25) is 0 Å². The van der Waals surface area contributed by atoms with Crippen LogP contribution in [-0.4, -0.2) is 42.1 Å². The van der Waals surface area contributed by atoms with E-state index in [4.69, 9.17) is 19.3 Å². The topological polar surface area (TPSA) is 105 Å². The van der Waals surface area contributed by atoms with Crippen LogP contribution in [0.3, 0.4) is 0 Å². The Balaban J connectivity index is 2.04. The second-order valence-corrected chi connectivity index (χ2v) is 6.07. The largest absolute Gasteiger partial charge is 0.504 e. The number of methoxy groups -OCH3 is 2. The molecule has 3 rings (SSSR count). The minimum atomic E-state index is -1.06. The molecule has 0 radical (unpaired) electrons. The molecule has 2 atom stereocenters. The normalized spacial score (nSPS) is 18.2. The van der Waals surface area contributed by atoms with Crippen LogP contribution < -0.4 is 14.2 Å². The summed E-state index contributed by atoms with van der Waals surface area (Å²) < 4.78 is 16.6. The molecular weight excluding hydrogens is 352 g/mol. The number of hydrogen-bond acceptors (Lipinski definition) is 6. The van der Waals surface area contributed by atoms with Crippen LogP contribution in [0.2, 0.25) is 0 Å². The van der Waals surface area contributed by atoms with E-state index >= 15 is 0 Å². The Kier molecular flexibility index (Phi) is 5.23. The van der Waals surface area contributed by atoms with Gasteiger partial charge >= 0.3 is 5.97 Å². The summed E-state index contributed by atoms with van der Waals surface area (Å²) in [4.78, 5) is 10.8. The van der Waals surface area contributed by atoms with Gasteiger partial charge in [0, 0.05) is 11.6 Å². The monoisotopic (exact) mass is 372 g/mol. The van der Waals surface area contributed by atoms with Crippen LogP contribution >= 0.6 is 0 Å². The minimum Gasteiger partial charge on any atom is -0.504 e. The molecule has 0 bridgehead atoms. The van der Waals surface area contributed by atoms with Crippen molar-refractivity contribution < 1.29 is 34.3 Å². The summed E-state index contributed by atoms with van der Waals surface area (Å²) in [6.45, 7) is -0.184. The van der Waals surface area contributed by atoms with Crippen molar-refractivity contribution in [2.45, 2.75) is 12.0 Å². The van der Waals surface area contributed by atoms with Gasteiger partial charge in [0.15, 0.2) is 23.0 Å². The number of aliphatic hydroxyl groups excluding tert-OH is 1. The molecule has 1 aliphatic rings. The predicted octanol–water partition coefficient (Wildman–Crippen LogP) is 2.72. The third kappa shape index (κ3) is 3.54. The number of carboxylic acids is 1. The number of carboxylic acid groups (broad SMARTS) is 1. The Morgan fingerprint density at radius 2 is 1.93 bits per heavy atom. The molecule has 2 aromatic carbocycles. The van der Waals surface area contributed by atoms with E-state index in [0.717, 1.165) is 17.2 Å². The fourth-order valence-electron chi connectivity index (χ4n) is 3.20. The molecule has 0 fully saturated rings. The van der Waals surface area contributed by atoms with Crippen molar-refractivity contribution in [2.75, 3.05) is 20.8 Å². The number of fused-ring (bicyclic) bond motifs is 1. The van der Waals surface area contributed by atoms with Crippen molar-refractivity contribution in [3.8, 4) is 23.0 Å². The van der Waals surface area contributed by atoms with Crippen LogP contribution in [0.15, 0.2) is 36.4 Å². The molecule has 0 spiro atoms. The lowest BCUT2D eigenvalue weighted by Crippen LogP contribution is -2.13. The quantitative estimate of drug-likeness (QED) is 0.670. The first-order chi connectivity index (χ1) is 13.0. The van der Waals surface area contributed by atoms with Crippen LogP contribution in [0.25, 0.3) is 6.08 Å². The zero-order chi connectivity index (χ0) is 19.6. The lowest BCUT2D eigenvalue weighted by atomic mass is 9.90. The van der Waals surface area contributed by atoms with Crippen molar-refractivity contribution in [1.82, 2.24) is 0 Å². The van der Waals surface area contributed by atoms with Gasteiger partial charge in [0.05, 0.1) is 26.7 Å². The Labute approximate surface area is 156 Å². The number of phenolic OH excluding ortho intramolecular Hbond substituents is 1. The van der Waals surface area contributed by atoms with Gasteiger partial charge in [-0.15, -0.1) is 0 Å². The Hall–Kier alpha value is -3.19. The number of aliphatic carboxylic acids is 1. The third-order valence-electron chi connectivity index (χ3n) is 4.48. The molecule has 0 aliphatic carbocycles. The van der Waals surface area contributed by atoms with E-state index in [1.54, 1.807) is 24.3 Å². The van der Waals surface area contributed by atoms with Gasteiger partial charge < -0.3 is 29.5 Å². The minimum absolute atomic E-state index is 0.0102. The van der Waals surface area contributed by atoms with Crippen LogP contribution in [0.5, 0.6) is 23.0 Å². The van der Waals surface area contributed by atoms with E-state index < -0.39 is 12.1 Å².